The molecule has 0 bridgehead atoms. The molecule has 1 N–H and O–H groups in total. The van der Waals surface area contributed by atoms with E-state index in [4.69, 9.17) is 9.47 Å². The van der Waals surface area contributed by atoms with Gasteiger partial charge in [0.25, 0.3) is 0 Å². The summed E-state index contributed by atoms with van der Waals surface area (Å²) in [6, 6.07) is 9.70. The number of anilines is 1. The van der Waals surface area contributed by atoms with Crippen LogP contribution in [0.3, 0.4) is 0 Å². The molecule has 1 atom stereocenters. The van der Waals surface area contributed by atoms with Crippen molar-refractivity contribution in [2.24, 2.45) is 0 Å². The molecule has 0 aromatic heterocycles. The van der Waals surface area contributed by atoms with Crippen molar-refractivity contribution in [2.45, 2.75) is 64.6 Å². The molecular weight excluding hydrogens is 513 g/mol. The maximum Gasteiger partial charge on any atom is 0.244 e. The standard InChI is InChI=1S/C27H34FN3O6S/c1-3-38(34,35)31(22-13-14-24-25(15-22)37-18-36-24)17-26(32)30(16-20-9-7-8-12-23(20)28)19(2)27(33)29-21-10-5-4-6-11-21/h7-9,12-15,19,21H,3-6,10-11,16-18H2,1-2H3,(H,29,33)/t19-/m1/s1. The third kappa shape index (κ3) is 6.38. The average Bonchev–Trinajstić information content (AvgIpc) is 3.39. The summed E-state index contributed by atoms with van der Waals surface area (Å²) >= 11 is 0. The molecule has 11 heteroatoms. The van der Waals surface area contributed by atoms with Gasteiger partial charge in [-0.3, -0.25) is 13.9 Å². The summed E-state index contributed by atoms with van der Waals surface area (Å²) in [6.07, 6.45) is 4.91. The van der Waals surface area contributed by atoms with Gasteiger partial charge in [-0.2, -0.15) is 0 Å². The van der Waals surface area contributed by atoms with Gasteiger partial charge in [0.05, 0.1) is 11.4 Å². The Balaban J connectivity index is 1.61. The zero-order chi connectivity index (χ0) is 27.3. The van der Waals surface area contributed by atoms with Crippen LogP contribution in [0.4, 0.5) is 10.1 Å². The van der Waals surface area contributed by atoms with Gasteiger partial charge in [-0.25, -0.2) is 12.8 Å². The quantitative estimate of drug-likeness (QED) is 0.488. The first-order valence-corrected chi connectivity index (χ1v) is 14.5. The summed E-state index contributed by atoms with van der Waals surface area (Å²) in [5.74, 6) is -0.902. The molecule has 2 aromatic carbocycles. The van der Waals surface area contributed by atoms with E-state index >= 15 is 0 Å². The molecule has 0 spiro atoms. The van der Waals surface area contributed by atoms with Crippen LogP contribution in [0.15, 0.2) is 42.5 Å². The highest BCUT2D eigenvalue weighted by atomic mass is 32.2. The lowest BCUT2D eigenvalue weighted by Gasteiger charge is -2.33. The topological polar surface area (TPSA) is 105 Å². The zero-order valence-corrected chi connectivity index (χ0v) is 22.5. The van der Waals surface area contributed by atoms with Crippen LogP contribution in [-0.4, -0.2) is 56.3 Å². The highest BCUT2D eigenvalue weighted by molar-refractivity contribution is 7.92. The highest BCUT2D eigenvalue weighted by Gasteiger charge is 2.33. The van der Waals surface area contributed by atoms with Crippen molar-refractivity contribution in [3.63, 3.8) is 0 Å². The Bertz CT molecular complexity index is 1270. The molecule has 9 nitrogen and oxygen atoms in total. The number of ether oxygens (including phenoxy) is 2. The minimum atomic E-state index is -3.89. The van der Waals surface area contributed by atoms with Crippen molar-refractivity contribution < 1.29 is 31.9 Å². The summed E-state index contributed by atoms with van der Waals surface area (Å²) in [7, 11) is -3.89. The molecule has 4 rings (SSSR count). The van der Waals surface area contributed by atoms with Crippen LogP contribution >= 0.6 is 0 Å². The minimum absolute atomic E-state index is 0.0162. The van der Waals surface area contributed by atoms with E-state index < -0.39 is 34.3 Å². The van der Waals surface area contributed by atoms with Crippen LogP contribution < -0.4 is 19.1 Å². The normalized spacial score (nSPS) is 16.1. The molecule has 2 aliphatic rings. The number of carbonyl (C=O) groups is 2. The first-order valence-electron chi connectivity index (χ1n) is 12.9. The predicted molar refractivity (Wildman–Crippen MR) is 141 cm³/mol. The molecule has 38 heavy (non-hydrogen) atoms. The second-order valence-corrected chi connectivity index (χ2v) is 11.8. The fraction of sp³-hybridized carbons (Fsp3) is 0.481. The van der Waals surface area contributed by atoms with Crippen LogP contribution in [0, 0.1) is 5.82 Å². The number of hydrogen-bond donors (Lipinski definition) is 1. The van der Waals surface area contributed by atoms with Crippen molar-refractivity contribution in [3.05, 3.63) is 53.8 Å². The minimum Gasteiger partial charge on any atom is -0.454 e. The lowest BCUT2D eigenvalue weighted by molar-refractivity contribution is -0.139. The van der Waals surface area contributed by atoms with E-state index in [9.17, 15) is 22.4 Å². The van der Waals surface area contributed by atoms with Crippen LogP contribution in [-0.2, 0) is 26.2 Å². The van der Waals surface area contributed by atoms with Gasteiger partial charge in [-0.15, -0.1) is 0 Å². The number of nitrogens with one attached hydrogen (secondary N) is 1. The van der Waals surface area contributed by atoms with E-state index in [0.29, 0.717) is 11.5 Å². The Morgan fingerprint density at radius 3 is 2.50 bits per heavy atom. The fourth-order valence-corrected chi connectivity index (χ4v) is 5.78. The van der Waals surface area contributed by atoms with E-state index in [1.165, 1.54) is 30.0 Å². The van der Waals surface area contributed by atoms with Crippen molar-refractivity contribution in [1.29, 1.82) is 0 Å². The Kier molecular flexibility index (Phi) is 8.76. The Hall–Kier alpha value is -3.34. The number of rotatable bonds is 10. The van der Waals surface area contributed by atoms with Crippen molar-refractivity contribution >= 4 is 27.5 Å². The lowest BCUT2D eigenvalue weighted by Crippen LogP contribution is -2.53. The van der Waals surface area contributed by atoms with Gasteiger partial charge >= 0.3 is 0 Å². The smallest absolute Gasteiger partial charge is 0.244 e. The lowest BCUT2D eigenvalue weighted by atomic mass is 9.95. The van der Waals surface area contributed by atoms with E-state index in [1.807, 2.05) is 0 Å². The first-order chi connectivity index (χ1) is 18.2. The Labute approximate surface area is 222 Å². The average molecular weight is 548 g/mol. The molecule has 0 unspecified atom stereocenters. The number of sulfonamides is 1. The van der Waals surface area contributed by atoms with Gasteiger partial charge in [-0.1, -0.05) is 37.5 Å². The van der Waals surface area contributed by atoms with Crippen molar-refractivity contribution in [2.75, 3.05) is 23.4 Å². The fourth-order valence-electron chi connectivity index (χ4n) is 4.72. The highest BCUT2D eigenvalue weighted by Crippen LogP contribution is 2.36. The number of nitrogens with zero attached hydrogens (tertiary/aromatic N) is 2. The number of fused-ring (bicyclic) bond motifs is 1. The zero-order valence-electron chi connectivity index (χ0n) is 21.7. The second kappa shape index (κ2) is 12.0. The van der Waals surface area contributed by atoms with Gasteiger partial charge < -0.3 is 19.7 Å². The van der Waals surface area contributed by atoms with Crippen LogP contribution in [0.5, 0.6) is 11.5 Å². The van der Waals surface area contributed by atoms with Crippen molar-refractivity contribution in [1.82, 2.24) is 10.2 Å². The maximum atomic E-state index is 14.6. The number of amides is 2. The van der Waals surface area contributed by atoms with Gasteiger partial charge in [0, 0.05) is 24.2 Å². The third-order valence-corrected chi connectivity index (χ3v) is 8.78. The molecular formula is C27H34FN3O6S. The maximum absolute atomic E-state index is 14.6. The van der Waals surface area contributed by atoms with Crippen molar-refractivity contribution in [3.8, 4) is 11.5 Å². The summed E-state index contributed by atoms with van der Waals surface area (Å²) < 4.78 is 52.4. The molecule has 1 aliphatic heterocycles. The molecule has 0 radical (unpaired) electrons. The summed E-state index contributed by atoms with van der Waals surface area (Å²) in [5.41, 5.74) is 0.459. The first kappa shape index (κ1) is 27.7. The van der Waals surface area contributed by atoms with Gasteiger partial charge in [0.15, 0.2) is 11.5 Å². The van der Waals surface area contributed by atoms with Gasteiger partial charge in [0.1, 0.15) is 18.4 Å². The van der Waals surface area contributed by atoms with Gasteiger partial charge in [0.2, 0.25) is 28.6 Å². The third-order valence-electron chi connectivity index (χ3n) is 7.04. The molecule has 206 valence electrons. The number of hydrogen-bond acceptors (Lipinski definition) is 6. The molecule has 1 aliphatic carbocycles. The molecule has 1 fully saturated rings. The number of carbonyl (C=O) groups excluding carboxylic acids is 2. The molecule has 2 amide bonds. The van der Waals surface area contributed by atoms with E-state index in [-0.39, 0.29) is 42.3 Å². The van der Waals surface area contributed by atoms with Gasteiger partial charge in [-0.05, 0) is 44.9 Å². The SMILES string of the molecule is CCS(=O)(=O)N(CC(=O)N(Cc1ccccc1F)[C@H](C)C(=O)NC1CCCCC1)c1ccc2c(c1)OCO2. The summed E-state index contributed by atoms with van der Waals surface area (Å²) in [6.45, 7) is 2.33. The molecule has 1 saturated carbocycles. The Morgan fingerprint density at radius 1 is 1.08 bits per heavy atom. The number of halogens is 1. The van der Waals surface area contributed by atoms with Crippen LogP contribution in [0.25, 0.3) is 0 Å². The van der Waals surface area contributed by atoms with E-state index in [2.05, 4.69) is 5.32 Å². The number of benzene rings is 2. The largest absolute Gasteiger partial charge is 0.454 e. The molecule has 0 saturated heterocycles. The predicted octanol–water partition coefficient (Wildman–Crippen LogP) is 3.58. The van der Waals surface area contributed by atoms with Crippen LogP contribution in [0.2, 0.25) is 0 Å². The van der Waals surface area contributed by atoms with Crippen LogP contribution in [0.1, 0.15) is 51.5 Å². The van der Waals surface area contributed by atoms with E-state index in [0.717, 1.165) is 36.4 Å². The monoisotopic (exact) mass is 547 g/mol. The second-order valence-electron chi connectivity index (χ2n) is 9.58. The molecule has 1 heterocycles. The summed E-state index contributed by atoms with van der Waals surface area (Å²) in [4.78, 5) is 28.2. The molecule has 2 aromatic rings. The Morgan fingerprint density at radius 2 is 1.79 bits per heavy atom. The van der Waals surface area contributed by atoms with E-state index in [1.54, 1.807) is 31.2 Å². The summed E-state index contributed by atoms with van der Waals surface area (Å²) in [5, 5.41) is 3.02.